The summed E-state index contributed by atoms with van der Waals surface area (Å²) in [7, 11) is 0. The molecule has 0 aromatic heterocycles. The van der Waals surface area contributed by atoms with Gasteiger partial charge in [-0.15, -0.1) is 0 Å². The van der Waals surface area contributed by atoms with Crippen molar-refractivity contribution in [2.45, 2.75) is 31.2 Å². The minimum Gasteiger partial charge on any atom is -0.331 e. The number of nitrogens with one attached hydrogen (secondary N) is 1. The van der Waals surface area contributed by atoms with Crippen LogP contribution in [0.5, 0.6) is 0 Å². The molecule has 0 atom stereocenters. The van der Waals surface area contributed by atoms with Crippen molar-refractivity contribution in [3.05, 3.63) is 42.5 Å². The molecule has 4 rings (SSSR count). The number of nitrogens with zero attached hydrogens (tertiary/aromatic N) is 1. The van der Waals surface area contributed by atoms with E-state index >= 15 is 0 Å². The summed E-state index contributed by atoms with van der Waals surface area (Å²) in [5, 5.41) is 4.99. The molecule has 2 fully saturated rings. The minimum atomic E-state index is -0.290. The lowest BCUT2D eigenvalue weighted by Crippen LogP contribution is -2.65. The van der Waals surface area contributed by atoms with Gasteiger partial charge in [-0.2, -0.15) is 0 Å². The SMILES string of the molecule is O=C1CC2(CCC2)NC(=O)N1c1cccc2ccccc12. The zero-order valence-electron chi connectivity index (χ0n) is 11.6. The summed E-state index contributed by atoms with van der Waals surface area (Å²) in [6.45, 7) is 0. The highest BCUT2D eigenvalue weighted by molar-refractivity contribution is 6.20. The van der Waals surface area contributed by atoms with Crippen molar-refractivity contribution in [1.29, 1.82) is 0 Å². The van der Waals surface area contributed by atoms with Gasteiger partial charge in [-0.25, -0.2) is 9.69 Å². The van der Waals surface area contributed by atoms with Crippen molar-refractivity contribution in [2.24, 2.45) is 0 Å². The average Bonchev–Trinajstić information content (AvgIpc) is 2.45. The van der Waals surface area contributed by atoms with E-state index in [1.807, 2.05) is 42.5 Å². The third-order valence-electron chi connectivity index (χ3n) is 4.63. The number of urea groups is 1. The molecule has 2 aliphatic rings. The van der Waals surface area contributed by atoms with Crippen molar-refractivity contribution in [3.63, 3.8) is 0 Å². The molecule has 1 saturated carbocycles. The Morgan fingerprint density at radius 2 is 1.76 bits per heavy atom. The second-order valence-electron chi connectivity index (χ2n) is 5.97. The van der Waals surface area contributed by atoms with Crippen molar-refractivity contribution in [2.75, 3.05) is 4.90 Å². The normalized spacial score (nSPS) is 20.5. The van der Waals surface area contributed by atoms with Crippen LogP contribution in [0.2, 0.25) is 0 Å². The number of carbonyl (C=O) groups excluding carboxylic acids is 2. The van der Waals surface area contributed by atoms with E-state index in [4.69, 9.17) is 0 Å². The van der Waals surface area contributed by atoms with Crippen LogP contribution in [0.25, 0.3) is 10.8 Å². The summed E-state index contributed by atoms with van der Waals surface area (Å²) in [5.74, 6) is -0.102. The Labute approximate surface area is 122 Å². The third-order valence-corrected chi connectivity index (χ3v) is 4.63. The summed E-state index contributed by atoms with van der Waals surface area (Å²) >= 11 is 0. The maximum absolute atomic E-state index is 12.5. The zero-order valence-corrected chi connectivity index (χ0v) is 11.6. The van der Waals surface area contributed by atoms with Crippen LogP contribution in [0.1, 0.15) is 25.7 Å². The van der Waals surface area contributed by atoms with E-state index in [2.05, 4.69) is 5.32 Å². The standard InChI is InChI=1S/C17H16N2O2/c20-15-11-17(9-4-10-17)18-16(21)19(15)14-8-3-6-12-5-1-2-7-13(12)14/h1-3,5-8H,4,9-11H2,(H,18,21). The largest absolute Gasteiger partial charge is 0.331 e. The topological polar surface area (TPSA) is 49.4 Å². The second kappa shape index (κ2) is 4.32. The molecule has 1 aliphatic carbocycles. The molecule has 1 N–H and O–H groups in total. The summed E-state index contributed by atoms with van der Waals surface area (Å²) in [5.41, 5.74) is 0.402. The van der Waals surface area contributed by atoms with Gasteiger partial charge in [0, 0.05) is 5.39 Å². The third kappa shape index (κ3) is 1.82. The van der Waals surface area contributed by atoms with E-state index in [-0.39, 0.29) is 17.5 Å². The summed E-state index contributed by atoms with van der Waals surface area (Å²) < 4.78 is 0. The molecule has 1 heterocycles. The van der Waals surface area contributed by atoms with Crippen LogP contribution in [0.4, 0.5) is 10.5 Å². The first-order valence-corrected chi connectivity index (χ1v) is 7.31. The van der Waals surface area contributed by atoms with Crippen LogP contribution in [0.3, 0.4) is 0 Å². The van der Waals surface area contributed by atoms with E-state index < -0.39 is 0 Å². The van der Waals surface area contributed by atoms with Crippen LogP contribution in [0.15, 0.2) is 42.5 Å². The van der Waals surface area contributed by atoms with E-state index in [9.17, 15) is 9.59 Å². The first kappa shape index (κ1) is 12.4. The van der Waals surface area contributed by atoms with E-state index in [1.54, 1.807) is 0 Å². The van der Waals surface area contributed by atoms with Gasteiger partial charge in [0.15, 0.2) is 0 Å². The highest BCUT2D eigenvalue weighted by atomic mass is 16.2. The predicted molar refractivity (Wildman–Crippen MR) is 81.2 cm³/mol. The van der Waals surface area contributed by atoms with Crippen molar-refractivity contribution < 1.29 is 9.59 Å². The Morgan fingerprint density at radius 1 is 1.00 bits per heavy atom. The number of fused-ring (bicyclic) bond motifs is 1. The summed E-state index contributed by atoms with van der Waals surface area (Å²) in [6.07, 6.45) is 3.31. The highest BCUT2D eigenvalue weighted by Crippen LogP contribution is 2.39. The molecule has 4 heteroatoms. The maximum atomic E-state index is 12.5. The lowest BCUT2D eigenvalue weighted by molar-refractivity contribution is -0.121. The Balaban J connectivity index is 1.78. The molecule has 1 spiro atoms. The molecule has 0 bridgehead atoms. The van der Waals surface area contributed by atoms with Gasteiger partial charge in [0.1, 0.15) is 0 Å². The molecule has 4 nitrogen and oxygen atoms in total. The molecule has 1 saturated heterocycles. The first-order chi connectivity index (χ1) is 10.2. The molecule has 21 heavy (non-hydrogen) atoms. The quantitative estimate of drug-likeness (QED) is 0.872. The fourth-order valence-electron chi connectivity index (χ4n) is 3.36. The Bertz CT molecular complexity index is 724. The van der Waals surface area contributed by atoms with Gasteiger partial charge in [-0.3, -0.25) is 4.79 Å². The average molecular weight is 280 g/mol. The monoisotopic (exact) mass is 280 g/mol. The predicted octanol–water partition coefficient (Wildman–Crippen LogP) is 3.21. The van der Waals surface area contributed by atoms with E-state index in [0.29, 0.717) is 12.1 Å². The van der Waals surface area contributed by atoms with Crippen LogP contribution in [-0.2, 0) is 4.79 Å². The number of benzene rings is 2. The number of anilines is 1. The number of hydrogen-bond donors (Lipinski definition) is 1. The van der Waals surface area contributed by atoms with Gasteiger partial charge in [0.25, 0.3) is 0 Å². The van der Waals surface area contributed by atoms with Crippen molar-refractivity contribution >= 4 is 28.4 Å². The van der Waals surface area contributed by atoms with E-state index in [1.165, 1.54) is 4.90 Å². The summed E-state index contributed by atoms with van der Waals surface area (Å²) in [6, 6.07) is 13.2. The van der Waals surface area contributed by atoms with Gasteiger partial charge in [0.05, 0.1) is 17.6 Å². The molecule has 3 amide bonds. The van der Waals surface area contributed by atoms with Gasteiger partial charge in [-0.1, -0.05) is 36.4 Å². The van der Waals surface area contributed by atoms with Crippen LogP contribution in [-0.4, -0.2) is 17.5 Å². The lowest BCUT2D eigenvalue weighted by atomic mass is 9.73. The number of amides is 3. The fraction of sp³-hybridized carbons (Fsp3) is 0.294. The molecular weight excluding hydrogens is 264 g/mol. The van der Waals surface area contributed by atoms with Crippen LogP contribution < -0.4 is 10.2 Å². The Hall–Kier alpha value is -2.36. The molecule has 0 unspecified atom stereocenters. The summed E-state index contributed by atoms with van der Waals surface area (Å²) in [4.78, 5) is 26.3. The number of rotatable bonds is 1. The van der Waals surface area contributed by atoms with Gasteiger partial charge < -0.3 is 5.32 Å². The number of carbonyl (C=O) groups is 2. The van der Waals surface area contributed by atoms with Crippen LogP contribution >= 0.6 is 0 Å². The first-order valence-electron chi connectivity index (χ1n) is 7.31. The lowest BCUT2D eigenvalue weighted by Gasteiger charge is -2.47. The zero-order chi connectivity index (χ0) is 14.4. The minimum absolute atomic E-state index is 0.102. The smallest absolute Gasteiger partial charge is 0.329 e. The number of imide groups is 1. The highest BCUT2D eigenvalue weighted by Gasteiger charge is 2.47. The molecule has 2 aromatic carbocycles. The van der Waals surface area contributed by atoms with E-state index in [0.717, 1.165) is 30.0 Å². The van der Waals surface area contributed by atoms with Gasteiger partial charge >= 0.3 is 6.03 Å². The molecule has 0 radical (unpaired) electrons. The fourth-order valence-corrected chi connectivity index (χ4v) is 3.36. The van der Waals surface area contributed by atoms with Crippen molar-refractivity contribution in [3.8, 4) is 0 Å². The molecule has 2 aromatic rings. The van der Waals surface area contributed by atoms with Gasteiger partial charge in [-0.05, 0) is 30.7 Å². The number of hydrogen-bond acceptors (Lipinski definition) is 2. The molecule has 106 valence electrons. The Morgan fingerprint density at radius 3 is 2.48 bits per heavy atom. The van der Waals surface area contributed by atoms with Crippen LogP contribution in [0, 0.1) is 0 Å². The van der Waals surface area contributed by atoms with Gasteiger partial charge in [0.2, 0.25) is 5.91 Å². The second-order valence-corrected chi connectivity index (χ2v) is 5.97. The Kier molecular flexibility index (Phi) is 2.55. The molecular formula is C17H16N2O2. The van der Waals surface area contributed by atoms with Crippen molar-refractivity contribution in [1.82, 2.24) is 5.32 Å². The molecule has 1 aliphatic heterocycles. The maximum Gasteiger partial charge on any atom is 0.329 e.